The molecule has 0 radical (unpaired) electrons. The number of thioether (sulfide) groups is 1. The molecule has 1 aromatic carbocycles. The van der Waals surface area contributed by atoms with E-state index in [0.29, 0.717) is 11.3 Å². The molecule has 2 atom stereocenters. The van der Waals surface area contributed by atoms with Gasteiger partial charge in [0.1, 0.15) is 6.04 Å². The van der Waals surface area contributed by atoms with Gasteiger partial charge in [0.25, 0.3) is 5.91 Å². The van der Waals surface area contributed by atoms with E-state index in [2.05, 4.69) is 27.7 Å². The number of hydrogen-bond donors (Lipinski definition) is 0. The first kappa shape index (κ1) is 21.8. The molecule has 2 rings (SSSR count). The lowest BCUT2D eigenvalue weighted by Gasteiger charge is -2.36. The van der Waals surface area contributed by atoms with E-state index in [1.165, 1.54) is 38.4 Å². The van der Waals surface area contributed by atoms with Gasteiger partial charge < -0.3 is 9.64 Å². The number of amides is 1. The summed E-state index contributed by atoms with van der Waals surface area (Å²) in [4.78, 5) is 27.2. The van der Waals surface area contributed by atoms with E-state index in [1.54, 1.807) is 16.7 Å². The average Bonchev–Trinajstić information content (AvgIpc) is 3.10. The Morgan fingerprint density at radius 2 is 1.81 bits per heavy atom. The predicted molar refractivity (Wildman–Crippen MR) is 112 cm³/mol. The lowest BCUT2D eigenvalue weighted by molar-refractivity contribution is -0.145. The summed E-state index contributed by atoms with van der Waals surface area (Å²) in [5.74, 6) is 0.151. The molecule has 1 fully saturated rings. The van der Waals surface area contributed by atoms with Crippen molar-refractivity contribution in [3.8, 4) is 0 Å². The summed E-state index contributed by atoms with van der Waals surface area (Å²) >= 11 is 1.66. The quantitative estimate of drug-likeness (QED) is 0.489. The molecule has 1 aliphatic rings. The van der Waals surface area contributed by atoms with E-state index in [9.17, 15) is 9.59 Å². The van der Waals surface area contributed by atoms with Crippen LogP contribution in [0.15, 0.2) is 24.3 Å². The van der Waals surface area contributed by atoms with Crippen LogP contribution in [0.25, 0.3) is 0 Å². The Kier molecular flexibility index (Phi) is 7.78. The van der Waals surface area contributed by atoms with Gasteiger partial charge in [-0.1, -0.05) is 59.1 Å². The molecular formula is C22H33NO3S. The third kappa shape index (κ3) is 5.50. The zero-order chi connectivity index (χ0) is 20.0. The molecule has 4 nitrogen and oxygen atoms in total. The summed E-state index contributed by atoms with van der Waals surface area (Å²) in [7, 11) is 1.38. The van der Waals surface area contributed by atoms with Crippen LogP contribution in [0.2, 0.25) is 0 Å². The number of unbranched alkanes of at least 4 members (excludes halogenated alkanes) is 3. The van der Waals surface area contributed by atoms with Crippen molar-refractivity contribution in [2.45, 2.75) is 71.2 Å². The fraction of sp³-hybridized carbons (Fsp3) is 0.636. The summed E-state index contributed by atoms with van der Waals surface area (Å²) in [6, 6.07) is 7.36. The minimum absolute atomic E-state index is 0.0529. The minimum atomic E-state index is -0.523. The summed E-state index contributed by atoms with van der Waals surface area (Å²) < 4.78 is 4.95. The molecule has 0 aromatic heterocycles. The smallest absolute Gasteiger partial charge is 0.329 e. The van der Waals surface area contributed by atoms with Crippen LogP contribution in [-0.2, 0) is 16.0 Å². The number of carbonyl (C=O) groups is 2. The zero-order valence-corrected chi connectivity index (χ0v) is 18.1. The van der Waals surface area contributed by atoms with Gasteiger partial charge in [-0.15, -0.1) is 11.8 Å². The first-order valence-electron chi connectivity index (χ1n) is 9.90. The Hall–Kier alpha value is -1.49. The molecule has 27 heavy (non-hydrogen) atoms. The number of hydrogen-bond acceptors (Lipinski definition) is 4. The Morgan fingerprint density at radius 3 is 2.37 bits per heavy atom. The topological polar surface area (TPSA) is 46.6 Å². The van der Waals surface area contributed by atoms with Gasteiger partial charge in [-0.2, -0.15) is 0 Å². The maximum Gasteiger partial charge on any atom is 0.329 e. The van der Waals surface area contributed by atoms with Crippen molar-refractivity contribution in [2.75, 3.05) is 12.9 Å². The summed E-state index contributed by atoms with van der Waals surface area (Å²) in [6.45, 7) is 8.52. The predicted octanol–water partition coefficient (Wildman–Crippen LogP) is 4.91. The second-order valence-electron chi connectivity index (χ2n) is 8.31. The first-order chi connectivity index (χ1) is 12.8. The van der Waals surface area contributed by atoms with Gasteiger partial charge in [-0.3, -0.25) is 4.79 Å². The first-order valence-corrected chi connectivity index (χ1v) is 11.0. The highest BCUT2D eigenvalue weighted by Gasteiger charge is 2.47. The van der Waals surface area contributed by atoms with E-state index >= 15 is 0 Å². The highest BCUT2D eigenvalue weighted by molar-refractivity contribution is 8.00. The highest BCUT2D eigenvalue weighted by Crippen LogP contribution is 2.41. The molecular weight excluding hydrogens is 358 g/mol. The van der Waals surface area contributed by atoms with Crippen molar-refractivity contribution < 1.29 is 14.3 Å². The maximum atomic E-state index is 13.3. The van der Waals surface area contributed by atoms with E-state index in [-0.39, 0.29) is 22.7 Å². The number of methoxy groups -OCH3 is 1. The van der Waals surface area contributed by atoms with Crippen LogP contribution in [0, 0.1) is 5.41 Å². The van der Waals surface area contributed by atoms with E-state index in [4.69, 9.17) is 4.74 Å². The Labute approximate surface area is 168 Å². The van der Waals surface area contributed by atoms with Gasteiger partial charge >= 0.3 is 5.97 Å². The van der Waals surface area contributed by atoms with Gasteiger partial charge in [0.05, 0.1) is 12.5 Å². The standard InChI is InChI=1S/C22H33NO3S/c1-6-7-8-9-10-16-11-13-17(14-12-16)19(24)23-18(20(25)26-5)15-27-21(23)22(2,3)4/h11-14,18,21H,6-10,15H2,1-5H3. The van der Waals surface area contributed by atoms with Crippen LogP contribution in [0.4, 0.5) is 0 Å². The molecule has 1 aliphatic heterocycles. The molecule has 150 valence electrons. The SMILES string of the molecule is CCCCCCc1ccc(C(=O)N2C(C(=O)OC)CSC2C(C)(C)C)cc1. The second kappa shape index (κ2) is 9.63. The Balaban J connectivity index is 2.15. The fourth-order valence-corrected chi connectivity index (χ4v) is 5.02. The van der Waals surface area contributed by atoms with Gasteiger partial charge in [-0.25, -0.2) is 4.79 Å². The molecule has 1 aromatic rings. The summed E-state index contributed by atoms with van der Waals surface area (Å²) in [5.41, 5.74) is 1.77. The van der Waals surface area contributed by atoms with Gasteiger partial charge in [-0.05, 0) is 36.0 Å². The minimum Gasteiger partial charge on any atom is -0.467 e. The number of carbonyl (C=O) groups excluding carboxylic acids is 2. The molecule has 0 bridgehead atoms. The van der Waals surface area contributed by atoms with Gasteiger partial charge in [0.2, 0.25) is 0 Å². The second-order valence-corrected chi connectivity index (χ2v) is 9.42. The van der Waals surface area contributed by atoms with Crippen LogP contribution < -0.4 is 0 Å². The molecule has 1 amide bonds. The summed E-state index contributed by atoms with van der Waals surface area (Å²) in [5, 5.41) is -0.0529. The average molecular weight is 392 g/mol. The molecule has 1 saturated heterocycles. The van der Waals surface area contributed by atoms with Crippen molar-refractivity contribution in [3.05, 3.63) is 35.4 Å². The molecule has 0 aliphatic carbocycles. The number of benzene rings is 1. The van der Waals surface area contributed by atoms with Crippen LogP contribution in [0.5, 0.6) is 0 Å². The van der Waals surface area contributed by atoms with Gasteiger partial charge in [0.15, 0.2) is 0 Å². The van der Waals surface area contributed by atoms with E-state index < -0.39 is 6.04 Å². The third-order valence-corrected chi connectivity index (χ3v) is 6.73. The molecule has 5 heteroatoms. The summed E-state index contributed by atoms with van der Waals surface area (Å²) in [6.07, 6.45) is 5.98. The fourth-order valence-electron chi connectivity index (χ4n) is 3.46. The van der Waals surface area contributed by atoms with Crippen LogP contribution in [0.1, 0.15) is 69.3 Å². The molecule has 2 unspecified atom stereocenters. The largest absolute Gasteiger partial charge is 0.467 e. The van der Waals surface area contributed by atoms with Crippen molar-refractivity contribution >= 4 is 23.6 Å². The maximum absolute atomic E-state index is 13.3. The Bertz CT molecular complexity index is 636. The third-order valence-electron chi connectivity index (χ3n) is 4.97. The van der Waals surface area contributed by atoms with E-state index in [0.717, 1.165) is 6.42 Å². The van der Waals surface area contributed by atoms with Crippen LogP contribution >= 0.6 is 11.8 Å². The van der Waals surface area contributed by atoms with Crippen molar-refractivity contribution in [1.82, 2.24) is 4.90 Å². The van der Waals surface area contributed by atoms with E-state index in [1.807, 2.05) is 24.3 Å². The normalized spacial score (nSPS) is 20.0. The molecule has 0 N–H and O–H groups in total. The molecule has 1 heterocycles. The zero-order valence-electron chi connectivity index (χ0n) is 17.3. The van der Waals surface area contributed by atoms with Gasteiger partial charge in [0, 0.05) is 11.3 Å². The van der Waals surface area contributed by atoms with Crippen LogP contribution in [0.3, 0.4) is 0 Å². The number of ether oxygens (including phenoxy) is 1. The lowest BCUT2D eigenvalue weighted by Crippen LogP contribution is -2.49. The number of esters is 1. The van der Waals surface area contributed by atoms with Crippen LogP contribution in [-0.4, -0.2) is 41.1 Å². The lowest BCUT2D eigenvalue weighted by atomic mass is 9.94. The number of nitrogens with zero attached hydrogens (tertiary/aromatic N) is 1. The monoisotopic (exact) mass is 391 g/mol. The number of rotatable bonds is 7. The molecule has 0 spiro atoms. The number of aryl methyl sites for hydroxylation is 1. The Morgan fingerprint density at radius 1 is 1.15 bits per heavy atom. The van der Waals surface area contributed by atoms with Crippen molar-refractivity contribution in [3.63, 3.8) is 0 Å². The van der Waals surface area contributed by atoms with Crippen molar-refractivity contribution in [2.24, 2.45) is 5.41 Å². The molecule has 0 saturated carbocycles. The highest BCUT2D eigenvalue weighted by atomic mass is 32.2. The van der Waals surface area contributed by atoms with Crippen molar-refractivity contribution in [1.29, 1.82) is 0 Å².